The summed E-state index contributed by atoms with van der Waals surface area (Å²) < 4.78 is 0. The van der Waals surface area contributed by atoms with Crippen LogP contribution in [0.3, 0.4) is 0 Å². The Bertz CT molecular complexity index is 788. The molecule has 0 bridgehead atoms. The molecule has 1 aliphatic heterocycles. The Kier molecular flexibility index (Phi) is 6.16. The first-order valence-corrected chi connectivity index (χ1v) is 11.1. The Morgan fingerprint density at radius 1 is 0.862 bits per heavy atom. The van der Waals surface area contributed by atoms with Crippen molar-refractivity contribution in [2.45, 2.75) is 57.8 Å². The molecule has 29 heavy (non-hydrogen) atoms. The number of rotatable bonds is 5. The van der Waals surface area contributed by atoms with Crippen molar-refractivity contribution in [3.63, 3.8) is 0 Å². The molecule has 1 saturated heterocycles. The number of fused-ring (bicyclic) bond motifs is 1. The molecule has 0 atom stereocenters. The van der Waals surface area contributed by atoms with E-state index >= 15 is 0 Å². The van der Waals surface area contributed by atoms with Gasteiger partial charge in [0.05, 0.1) is 0 Å². The van der Waals surface area contributed by atoms with Crippen molar-refractivity contribution < 1.29 is 14.4 Å². The van der Waals surface area contributed by atoms with Gasteiger partial charge in [0.1, 0.15) is 0 Å². The predicted molar refractivity (Wildman–Crippen MR) is 111 cm³/mol. The quantitative estimate of drug-likeness (QED) is 0.831. The molecule has 3 amide bonds. The lowest BCUT2D eigenvalue weighted by Gasteiger charge is -2.31. The number of nitrogens with one attached hydrogen (secondary N) is 1. The van der Waals surface area contributed by atoms with Crippen LogP contribution in [-0.4, -0.2) is 53.7 Å². The molecule has 2 aliphatic carbocycles. The summed E-state index contributed by atoms with van der Waals surface area (Å²) in [5.41, 5.74) is 3.52. The number of hydrogen-bond donors (Lipinski definition) is 1. The smallest absolute Gasteiger partial charge is 0.225 e. The molecule has 3 aliphatic rings. The number of hydrogen-bond acceptors (Lipinski definition) is 3. The summed E-state index contributed by atoms with van der Waals surface area (Å²) >= 11 is 0. The molecule has 0 unspecified atom stereocenters. The van der Waals surface area contributed by atoms with Crippen molar-refractivity contribution in [1.82, 2.24) is 9.80 Å². The van der Waals surface area contributed by atoms with Crippen molar-refractivity contribution in [2.75, 3.05) is 31.5 Å². The minimum atomic E-state index is -0.118. The SMILES string of the molecule is O=C(CCC(=O)N1CCCN(C(=O)C2CCC2)CC1)Nc1ccc2c(c1)CCC2. The summed E-state index contributed by atoms with van der Waals surface area (Å²) in [6.07, 6.45) is 7.78. The number of carbonyl (C=O) groups excluding carboxylic acids is 3. The van der Waals surface area contributed by atoms with Crippen LogP contribution in [0.15, 0.2) is 18.2 Å². The first kappa shape index (κ1) is 19.9. The highest BCUT2D eigenvalue weighted by molar-refractivity contribution is 5.93. The topological polar surface area (TPSA) is 69.7 Å². The second-order valence-corrected chi connectivity index (χ2v) is 8.57. The van der Waals surface area contributed by atoms with E-state index in [2.05, 4.69) is 17.4 Å². The Morgan fingerprint density at radius 3 is 2.41 bits per heavy atom. The van der Waals surface area contributed by atoms with Crippen molar-refractivity contribution in [2.24, 2.45) is 5.92 Å². The number of carbonyl (C=O) groups is 3. The van der Waals surface area contributed by atoms with Crippen molar-refractivity contribution in [3.8, 4) is 0 Å². The summed E-state index contributed by atoms with van der Waals surface area (Å²) in [7, 11) is 0. The van der Waals surface area contributed by atoms with Gasteiger partial charge in [-0.2, -0.15) is 0 Å². The van der Waals surface area contributed by atoms with Crippen LogP contribution in [0.25, 0.3) is 0 Å². The van der Waals surface area contributed by atoms with E-state index in [9.17, 15) is 14.4 Å². The molecule has 0 aromatic heterocycles. The molecule has 0 radical (unpaired) electrons. The van der Waals surface area contributed by atoms with Crippen LogP contribution < -0.4 is 5.32 Å². The molecular formula is C23H31N3O3. The Morgan fingerprint density at radius 2 is 1.62 bits per heavy atom. The normalized spacial score (nSPS) is 19.3. The molecule has 4 rings (SSSR count). The number of amides is 3. The van der Waals surface area contributed by atoms with E-state index in [0.29, 0.717) is 19.6 Å². The van der Waals surface area contributed by atoms with Gasteiger partial charge in [-0.3, -0.25) is 14.4 Å². The van der Waals surface area contributed by atoms with Crippen molar-refractivity contribution in [1.29, 1.82) is 0 Å². The maximum Gasteiger partial charge on any atom is 0.225 e. The van der Waals surface area contributed by atoms with Crippen LogP contribution in [0.5, 0.6) is 0 Å². The van der Waals surface area contributed by atoms with Gasteiger partial charge >= 0.3 is 0 Å². The molecule has 1 heterocycles. The Labute approximate surface area is 172 Å². The first-order valence-electron chi connectivity index (χ1n) is 11.1. The molecule has 1 saturated carbocycles. The fourth-order valence-corrected chi connectivity index (χ4v) is 4.55. The largest absolute Gasteiger partial charge is 0.341 e. The zero-order valence-corrected chi connectivity index (χ0v) is 17.1. The standard InChI is InChI=1S/C23H31N3O3/c27-21(24-20-9-8-17-4-1-7-19(17)16-20)10-11-22(28)25-12-3-13-26(15-14-25)23(29)18-5-2-6-18/h8-9,16,18H,1-7,10-15H2,(H,24,27). The number of benzene rings is 1. The molecule has 6 heteroatoms. The monoisotopic (exact) mass is 397 g/mol. The molecule has 1 N–H and O–H groups in total. The zero-order chi connectivity index (χ0) is 20.2. The van der Waals surface area contributed by atoms with E-state index in [-0.39, 0.29) is 36.5 Å². The Hall–Kier alpha value is -2.37. The fraction of sp³-hybridized carbons (Fsp3) is 0.609. The van der Waals surface area contributed by atoms with E-state index in [4.69, 9.17) is 0 Å². The van der Waals surface area contributed by atoms with Crippen molar-refractivity contribution in [3.05, 3.63) is 29.3 Å². The number of nitrogens with zero attached hydrogens (tertiary/aromatic N) is 2. The highest BCUT2D eigenvalue weighted by Crippen LogP contribution is 2.28. The third-order valence-electron chi connectivity index (χ3n) is 6.56. The van der Waals surface area contributed by atoms with Gasteiger partial charge < -0.3 is 15.1 Å². The predicted octanol–water partition coefficient (Wildman–Crippen LogP) is 2.76. The van der Waals surface area contributed by atoms with Gasteiger partial charge in [0.2, 0.25) is 17.7 Å². The van der Waals surface area contributed by atoms with Gasteiger partial charge in [0.15, 0.2) is 0 Å². The summed E-state index contributed by atoms with van der Waals surface area (Å²) in [5.74, 6) is 0.361. The van der Waals surface area contributed by atoms with E-state index in [1.807, 2.05) is 15.9 Å². The summed E-state index contributed by atoms with van der Waals surface area (Å²) in [6.45, 7) is 2.59. The second-order valence-electron chi connectivity index (χ2n) is 8.57. The summed E-state index contributed by atoms with van der Waals surface area (Å²) in [6, 6.07) is 6.11. The molecule has 2 fully saturated rings. The average Bonchev–Trinajstić information content (AvgIpc) is 2.99. The lowest BCUT2D eigenvalue weighted by Crippen LogP contribution is -2.41. The average molecular weight is 398 g/mol. The minimum Gasteiger partial charge on any atom is -0.341 e. The molecule has 6 nitrogen and oxygen atoms in total. The molecule has 0 spiro atoms. The number of anilines is 1. The van der Waals surface area contributed by atoms with Gasteiger partial charge in [-0.15, -0.1) is 0 Å². The fourth-order valence-electron chi connectivity index (χ4n) is 4.55. The lowest BCUT2D eigenvalue weighted by molar-refractivity contribution is -0.138. The van der Waals surface area contributed by atoms with E-state index in [0.717, 1.165) is 50.8 Å². The third kappa shape index (κ3) is 4.80. The van der Waals surface area contributed by atoms with Gasteiger partial charge in [-0.1, -0.05) is 12.5 Å². The minimum absolute atomic E-state index is 0.00652. The highest BCUT2D eigenvalue weighted by Gasteiger charge is 2.30. The maximum absolute atomic E-state index is 12.6. The van der Waals surface area contributed by atoms with E-state index < -0.39 is 0 Å². The van der Waals surface area contributed by atoms with Crippen LogP contribution >= 0.6 is 0 Å². The molecule has 1 aromatic rings. The molecule has 1 aromatic carbocycles. The molecule has 156 valence electrons. The van der Waals surface area contributed by atoms with Gasteiger partial charge in [0, 0.05) is 50.6 Å². The zero-order valence-electron chi connectivity index (χ0n) is 17.1. The van der Waals surface area contributed by atoms with Crippen LogP contribution in [0.2, 0.25) is 0 Å². The number of aryl methyl sites for hydroxylation is 2. The summed E-state index contributed by atoms with van der Waals surface area (Å²) in [4.78, 5) is 41.1. The Balaban J connectivity index is 1.22. The van der Waals surface area contributed by atoms with Gasteiger partial charge in [-0.05, 0) is 61.8 Å². The van der Waals surface area contributed by atoms with Crippen LogP contribution in [0.4, 0.5) is 5.69 Å². The third-order valence-corrected chi connectivity index (χ3v) is 6.56. The van der Waals surface area contributed by atoms with Crippen LogP contribution in [0.1, 0.15) is 56.1 Å². The summed E-state index contributed by atoms with van der Waals surface area (Å²) in [5, 5.41) is 2.93. The first-order chi connectivity index (χ1) is 14.1. The van der Waals surface area contributed by atoms with Gasteiger partial charge in [0.25, 0.3) is 0 Å². The second kappa shape index (κ2) is 8.97. The van der Waals surface area contributed by atoms with Crippen LogP contribution in [0, 0.1) is 5.92 Å². The van der Waals surface area contributed by atoms with E-state index in [1.54, 1.807) is 0 Å². The maximum atomic E-state index is 12.6. The highest BCUT2D eigenvalue weighted by atomic mass is 16.2. The molecular weight excluding hydrogens is 366 g/mol. The lowest BCUT2D eigenvalue weighted by atomic mass is 9.84. The van der Waals surface area contributed by atoms with Crippen molar-refractivity contribution >= 4 is 23.4 Å². The van der Waals surface area contributed by atoms with Gasteiger partial charge in [-0.25, -0.2) is 0 Å². The van der Waals surface area contributed by atoms with E-state index in [1.165, 1.54) is 17.5 Å². The van der Waals surface area contributed by atoms with Crippen LogP contribution in [-0.2, 0) is 27.2 Å².